The first-order valence-corrected chi connectivity index (χ1v) is 12.5. The minimum atomic E-state index is -0.0882. The molecule has 4 aromatic rings. The van der Waals surface area contributed by atoms with E-state index in [-0.39, 0.29) is 5.41 Å². The van der Waals surface area contributed by atoms with Gasteiger partial charge in [-0.2, -0.15) is 0 Å². The van der Waals surface area contributed by atoms with Gasteiger partial charge in [-0.25, -0.2) is 4.99 Å². The van der Waals surface area contributed by atoms with Crippen LogP contribution in [-0.2, 0) is 5.41 Å². The highest BCUT2D eigenvalue weighted by Gasteiger charge is 2.43. The maximum atomic E-state index is 6.44. The van der Waals surface area contributed by atoms with Crippen LogP contribution in [0.25, 0.3) is 5.69 Å². The van der Waals surface area contributed by atoms with E-state index in [1.54, 1.807) is 11.3 Å². The average molecular weight is 479 g/mol. The van der Waals surface area contributed by atoms with Gasteiger partial charge in [-0.15, -0.1) is 11.3 Å². The molecule has 1 aromatic heterocycles. The van der Waals surface area contributed by atoms with Crippen LogP contribution in [0.15, 0.2) is 77.1 Å². The fourth-order valence-electron chi connectivity index (χ4n) is 4.47. The minimum Gasteiger partial charge on any atom is -0.289 e. The standard InChI is InChI=1S/C27H24Cl2N2S/c1-18-8-11-21(12-9-18)31-25(17-32-26(31)30-24-7-4-3-6-19(24)2)27(14-5-15-27)20-10-13-22(28)23(29)16-20/h3-4,6-13,16-17H,5,14-15H2,1-2H3. The molecular weight excluding hydrogens is 455 g/mol. The van der Waals surface area contributed by atoms with Gasteiger partial charge in [-0.3, -0.25) is 4.57 Å². The van der Waals surface area contributed by atoms with Gasteiger partial charge in [-0.05, 0) is 68.1 Å². The molecule has 0 radical (unpaired) electrons. The van der Waals surface area contributed by atoms with E-state index in [1.165, 1.54) is 28.8 Å². The maximum Gasteiger partial charge on any atom is 0.194 e. The van der Waals surface area contributed by atoms with Crippen molar-refractivity contribution >= 4 is 40.2 Å². The highest BCUT2D eigenvalue weighted by Crippen LogP contribution is 2.50. The molecule has 3 aromatic carbocycles. The lowest BCUT2D eigenvalue weighted by Gasteiger charge is -2.43. The molecule has 0 bridgehead atoms. The molecule has 0 amide bonds. The van der Waals surface area contributed by atoms with Crippen LogP contribution in [0.4, 0.5) is 5.69 Å². The van der Waals surface area contributed by atoms with Crippen molar-refractivity contribution in [2.24, 2.45) is 4.99 Å². The van der Waals surface area contributed by atoms with Crippen molar-refractivity contribution in [1.82, 2.24) is 4.57 Å². The second-order valence-electron chi connectivity index (χ2n) is 8.54. The van der Waals surface area contributed by atoms with Crippen LogP contribution >= 0.6 is 34.5 Å². The molecule has 0 aliphatic heterocycles. The van der Waals surface area contributed by atoms with Crippen molar-refractivity contribution in [2.45, 2.75) is 38.5 Å². The molecule has 5 heteroatoms. The second-order valence-corrected chi connectivity index (χ2v) is 10.2. The third kappa shape index (κ3) is 3.73. The molecule has 32 heavy (non-hydrogen) atoms. The number of aryl methyl sites for hydroxylation is 2. The zero-order chi connectivity index (χ0) is 22.3. The van der Waals surface area contributed by atoms with Gasteiger partial charge in [-0.1, -0.05) is 71.6 Å². The molecule has 1 heterocycles. The summed E-state index contributed by atoms with van der Waals surface area (Å²) < 4.78 is 2.33. The van der Waals surface area contributed by atoms with Crippen LogP contribution < -0.4 is 4.80 Å². The minimum absolute atomic E-state index is 0.0882. The number of aromatic nitrogens is 1. The summed E-state index contributed by atoms with van der Waals surface area (Å²) in [4.78, 5) is 6.07. The number of benzene rings is 3. The summed E-state index contributed by atoms with van der Waals surface area (Å²) in [6, 6.07) is 23.0. The lowest BCUT2D eigenvalue weighted by Crippen LogP contribution is -2.38. The molecule has 0 spiro atoms. The molecule has 0 saturated heterocycles. The Morgan fingerprint density at radius 1 is 0.906 bits per heavy atom. The molecule has 1 saturated carbocycles. The van der Waals surface area contributed by atoms with Crippen molar-refractivity contribution in [1.29, 1.82) is 0 Å². The number of para-hydroxylation sites is 1. The zero-order valence-corrected chi connectivity index (χ0v) is 20.4. The predicted molar refractivity (Wildman–Crippen MR) is 136 cm³/mol. The van der Waals surface area contributed by atoms with Gasteiger partial charge in [0.15, 0.2) is 4.80 Å². The van der Waals surface area contributed by atoms with Gasteiger partial charge in [0, 0.05) is 22.2 Å². The Balaban J connectivity index is 1.76. The van der Waals surface area contributed by atoms with E-state index in [4.69, 9.17) is 28.2 Å². The highest BCUT2D eigenvalue weighted by atomic mass is 35.5. The van der Waals surface area contributed by atoms with Crippen molar-refractivity contribution in [3.8, 4) is 5.69 Å². The Morgan fingerprint density at radius 2 is 1.66 bits per heavy atom. The summed E-state index contributed by atoms with van der Waals surface area (Å²) >= 11 is 14.4. The summed E-state index contributed by atoms with van der Waals surface area (Å²) in [5.41, 5.74) is 6.94. The van der Waals surface area contributed by atoms with Crippen molar-refractivity contribution in [3.63, 3.8) is 0 Å². The lowest BCUT2D eigenvalue weighted by atomic mass is 9.62. The molecule has 0 atom stereocenters. The molecule has 0 unspecified atom stereocenters. The van der Waals surface area contributed by atoms with Gasteiger partial charge in [0.1, 0.15) is 0 Å². The fraction of sp³-hybridized carbons (Fsp3) is 0.222. The number of hydrogen-bond acceptors (Lipinski definition) is 2. The smallest absolute Gasteiger partial charge is 0.194 e. The normalized spacial score (nSPS) is 15.6. The first-order chi connectivity index (χ1) is 15.5. The Bertz CT molecular complexity index is 1340. The summed E-state index contributed by atoms with van der Waals surface area (Å²) in [6.07, 6.45) is 3.35. The second kappa shape index (κ2) is 8.55. The number of halogens is 2. The summed E-state index contributed by atoms with van der Waals surface area (Å²) in [6.45, 7) is 4.22. The van der Waals surface area contributed by atoms with E-state index in [0.29, 0.717) is 10.0 Å². The van der Waals surface area contributed by atoms with E-state index in [1.807, 2.05) is 18.2 Å². The van der Waals surface area contributed by atoms with Crippen LogP contribution in [0, 0.1) is 13.8 Å². The monoisotopic (exact) mass is 478 g/mol. The molecule has 1 aliphatic rings. The predicted octanol–water partition coefficient (Wildman–Crippen LogP) is 8.16. The fourth-order valence-corrected chi connectivity index (χ4v) is 5.78. The summed E-state index contributed by atoms with van der Waals surface area (Å²) in [5.74, 6) is 0. The van der Waals surface area contributed by atoms with Gasteiger partial charge in [0.25, 0.3) is 0 Å². The molecule has 5 rings (SSSR count). The van der Waals surface area contributed by atoms with Gasteiger partial charge < -0.3 is 0 Å². The summed E-state index contributed by atoms with van der Waals surface area (Å²) in [5, 5.41) is 3.48. The van der Waals surface area contributed by atoms with Gasteiger partial charge in [0.05, 0.1) is 15.7 Å². The van der Waals surface area contributed by atoms with E-state index in [2.05, 4.69) is 72.3 Å². The first-order valence-electron chi connectivity index (χ1n) is 10.8. The topological polar surface area (TPSA) is 17.3 Å². The molecule has 1 aliphatic carbocycles. The lowest BCUT2D eigenvalue weighted by molar-refractivity contribution is 0.289. The SMILES string of the molecule is Cc1ccc(-n2c(C3(c4ccc(Cl)c(Cl)c4)CCC3)csc2=Nc2ccccc2C)cc1. The van der Waals surface area contributed by atoms with Crippen molar-refractivity contribution < 1.29 is 0 Å². The largest absolute Gasteiger partial charge is 0.289 e. The Hall–Kier alpha value is -2.33. The molecule has 162 valence electrons. The third-order valence-corrected chi connectivity index (χ3v) is 8.07. The Morgan fingerprint density at radius 3 is 2.31 bits per heavy atom. The third-order valence-electron chi connectivity index (χ3n) is 6.50. The van der Waals surface area contributed by atoms with Crippen LogP contribution in [0.3, 0.4) is 0 Å². The van der Waals surface area contributed by atoms with E-state index < -0.39 is 0 Å². The van der Waals surface area contributed by atoms with Crippen molar-refractivity contribution in [2.75, 3.05) is 0 Å². The highest BCUT2D eigenvalue weighted by molar-refractivity contribution is 7.07. The van der Waals surface area contributed by atoms with Crippen LogP contribution in [0.1, 0.15) is 41.6 Å². The molecule has 1 fully saturated rings. The number of hydrogen-bond donors (Lipinski definition) is 0. The van der Waals surface area contributed by atoms with Gasteiger partial charge >= 0.3 is 0 Å². The van der Waals surface area contributed by atoms with E-state index in [9.17, 15) is 0 Å². The van der Waals surface area contributed by atoms with E-state index in [0.717, 1.165) is 29.0 Å². The first kappa shape index (κ1) is 21.5. The Labute approximate surface area is 202 Å². The molecule has 0 N–H and O–H groups in total. The van der Waals surface area contributed by atoms with Crippen LogP contribution in [-0.4, -0.2) is 4.57 Å². The van der Waals surface area contributed by atoms with Crippen LogP contribution in [0.2, 0.25) is 10.0 Å². The summed E-state index contributed by atoms with van der Waals surface area (Å²) in [7, 11) is 0. The number of thiazole rings is 1. The van der Waals surface area contributed by atoms with E-state index >= 15 is 0 Å². The van der Waals surface area contributed by atoms with Crippen molar-refractivity contribution in [3.05, 3.63) is 109 Å². The zero-order valence-electron chi connectivity index (χ0n) is 18.1. The van der Waals surface area contributed by atoms with Gasteiger partial charge in [0.2, 0.25) is 0 Å². The maximum absolute atomic E-state index is 6.44. The van der Waals surface area contributed by atoms with Crippen LogP contribution in [0.5, 0.6) is 0 Å². The molecular formula is C27H24Cl2N2S. The number of rotatable bonds is 4. The quantitative estimate of drug-likeness (QED) is 0.281. The Kier molecular flexibility index (Phi) is 5.75. The average Bonchev–Trinajstić information content (AvgIpc) is 3.16. The number of nitrogens with zero attached hydrogens (tertiary/aromatic N) is 2. The molecule has 2 nitrogen and oxygen atoms in total.